The van der Waals surface area contributed by atoms with E-state index in [4.69, 9.17) is 14.0 Å². The molecule has 51 heavy (non-hydrogen) atoms. The molecular formula is C42H81O8P. The van der Waals surface area contributed by atoms with Gasteiger partial charge in [0.05, 0.1) is 6.61 Å². The summed E-state index contributed by atoms with van der Waals surface area (Å²) in [7, 11) is -3.19. The first-order chi connectivity index (χ1) is 24.8. The van der Waals surface area contributed by atoms with Gasteiger partial charge in [0.1, 0.15) is 6.61 Å². The van der Waals surface area contributed by atoms with Gasteiger partial charge < -0.3 is 14.4 Å². The van der Waals surface area contributed by atoms with Crippen molar-refractivity contribution < 1.29 is 37.6 Å². The number of carbonyl (C=O) groups is 2. The fourth-order valence-electron chi connectivity index (χ4n) is 6.18. The van der Waals surface area contributed by atoms with Crippen LogP contribution in [0.25, 0.3) is 0 Å². The fourth-order valence-corrected chi connectivity index (χ4v) is 6.64. The third kappa shape index (κ3) is 38.3. The third-order valence-electron chi connectivity index (χ3n) is 9.51. The number of esters is 2. The van der Waals surface area contributed by atoms with Crippen LogP contribution in [-0.4, -0.2) is 43.3 Å². The molecule has 8 nitrogen and oxygen atoms in total. The van der Waals surface area contributed by atoms with Crippen LogP contribution in [0, 0.1) is 0 Å². The highest BCUT2D eigenvalue weighted by Gasteiger charge is 2.24. The summed E-state index contributed by atoms with van der Waals surface area (Å²) < 4.78 is 32.0. The van der Waals surface area contributed by atoms with Gasteiger partial charge >= 0.3 is 19.8 Å². The second-order valence-corrected chi connectivity index (χ2v) is 16.0. The molecule has 0 amide bonds. The summed E-state index contributed by atoms with van der Waals surface area (Å²) in [6, 6.07) is 0. The van der Waals surface area contributed by atoms with Crippen LogP contribution in [0.2, 0.25) is 0 Å². The minimum Gasteiger partial charge on any atom is -0.462 e. The Hall–Kier alpha value is -1.21. The van der Waals surface area contributed by atoms with E-state index in [2.05, 4.69) is 30.5 Å². The highest BCUT2D eigenvalue weighted by Crippen LogP contribution is 2.42. The van der Waals surface area contributed by atoms with Gasteiger partial charge in [-0.05, 0) is 38.5 Å². The van der Waals surface area contributed by atoms with Gasteiger partial charge in [0, 0.05) is 20.0 Å². The predicted molar refractivity (Wildman–Crippen MR) is 212 cm³/mol. The first-order valence-electron chi connectivity index (χ1n) is 21.4. The van der Waals surface area contributed by atoms with E-state index in [1.165, 1.54) is 135 Å². The van der Waals surface area contributed by atoms with Crippen LogP contribution in [0.3, 0.4) is 0 Å². The number of carbonyl (C=O) groups excluding carboxylic acids is 2. The van der Waals surface area contributed by atoms with Crippen molar-refractivity contribution >= 4 is 19.8 Å². The lowest BCUT2D eigenvalue weighted by molar-refractivity contribution is -0.161. The molecule has 9 heteroatoms. The normalized spacial score (nSPS) is 13.4. The Balaban J connectivity index is 3.98. The van der Waals surface area contributed by atoms with Gasteiger partial charge in [-0.1, -0.05) is 180 Å². The summed E-state index contributed by atoms with van der Waals surface area (Å²) in [5, 5.41) is 0. The summed E-state index contributed by atoms with van der Waals surface area (Å²) in [6.45, 7) is 3.90. The lowest BCUT2D eigenvalue weighted by Crippen LogP contribution is -2.29. The monoisotopic (exact) mass is 745 g/mol. The molecule has 0 aliphatic carbocycles. The molecule has 2 atom stereocenters. The van der Waals surface area contributed by atoms with Gasteiger partial charge in [0.25, 0.3) is 0 Å². The Morgan fingerprint density at radius 2 is 0.882 bits per heavy atom. The molecule has 0 saturated heterocycles. The van der Waals surface area contributed by atoms with Crippen LogP contribution in [0.4, 0.5) is 0 Å². The summed E-state index contributed by atoms with van der Waals surface area (Å²) in [5.41, 5.74) is 0. The number of ether oxygens (including phenoxy) is 2. The summed E-state index contributed by atoms with van der Waals surface area (Å²) in [6.07, 6.45) is 41.2. The molecule has 302 valence electrons. The lowest BCUT2D eigenvalue weighted by atomic mass is 10.0. The fraction of sp³-hybridized carbons (Fsp3) is 0.905. The molecular weight excluding hydrogens is 663 g/mol. The molecule has 0 rings (SSSR count). The zero-order valence-corrected chi connectivity index (χ0v) is 34.4. The molecule has 0 spiro atoms. The highest BCUT2D eigenvalue weighted by molar-refractivity contribution is 7.47. The van der Waals surface area contributed by atoms with Crippen molar-refractivity contribution in [3.63, 3.8) is 0 Å². The predicted octanol–water partition coefficient (Wildman–Crippen LogP) is 13.3. The summed E-state index contributed by atoms with van der Waals surface area (Å²) in [5.74, 6) is -0.802. The van der Waals surface area contributed by atoms with Crippen LogP contribution in [0.15, 0.2) is 12.2 Å². The molecule has 1 N–H and O–H groups in total. The van der Waals surface area contributed by atoms with Crippen LogP contribution in [-0.2, 0) is 32.7 Å². The Morgan fingerprint density at radius 3 is 1.27 bits per heavy atom. The highest BCUT2D eigenvalue weighted by atomic mass is 31.2. The van der Waals surface area contributed by atoms with E-state index in [1.54, 1.807) is 0 Å². The minimum atomic E-state index is -4.26. The van der Waals surface area contributed by atoms with Crippen molar-refractivity contribution in [2.24, 2.45) is 0 Å². The van der Waals surface area contributed by atoms with Crippen molar-refractivity contribution in [1.82, 2.24) is 0 Å². The van der Waals surface area contributed by atoms with Gasteiger partial charge in [0.15, 0.2) is 6.10 Å². The third-order valence-corrected chi connectivity index (χ3v) is 10.4. The molecule has 0 saturated carbocycles. The van der Waals surface area contributed by atoms with Crippen molar-refractivity contribution in [3.05, 3.63) is 12.2 Å². The van der Waals surface area contributed by atoms with E-state index in [1.807, 2.05) is 0 Å². The van der Waals surface area contributed by atoms with Crippen LogP contribution in [0.5, 0.6) is 0 Å². The Kier molecular flexibility index (Phi) is 37.6. The van der Waals surface area contributed by atoms with E-state index in [9.17, 15) is 19.0 Å². The largest absolute Gasteiger partial charge is 0.472 e. The van der Waals surface area contributed by atoms with E-state index in [0.717, 1.165) is 58.5 Å². The average molecular weight is 745 g/mol. The number of phosphoric ester groups is 1. The quantitative estimate of drug-likeness (QED) is 0.0286. The van der Waals surface area contributed by atoms with E-state index in [-0.39, 0.29) is 19.0 Å². The molecule has 0 aromatic rings. The van der Waals surface area contributed by atoms with Gasteiger partial charge in [-0.2, -0.15) is 0 Å². The molecule has 0 radical (unpaired) electrons. The van der Waals surface area contributed by atoms with Crippen molar-refractivity contribution in [1.29, 1.82) is 0 Å². The molecule has 0 aliphatic heterocycles. The molecule has 0 fully saturated rings. The van der Waals surface area contributed by atoms with Gasteiger partial charge in [-0.15, -0.1) is 0 Å². The molecule has 0 heterocycles. The first-order valence-corrected chi connectivity index (χ1v) is 22.9. The van der Waals surface area contributed by atoms with Crippen molar-refractivity contribution in [3.8, 4) is 0 Å². The maximum Gasteiger partial charge on any atom is 0.472 e. The van der Waals surface area contributed by atoms with E-state index >= 15 is 0 Å². The lowest BCUT2D eigenvalue weighted by Gasteiger charge is -2.19. The maximum absolute atomic E-state index is 12.5. The minimum absolute atomic E-state index is 0.223. The van der Waals surface area contributed by atoms with Crippen molar-refractivity contribution in [2.75, 3.05) is 20.3 Å². The zero-order chi connectivity index (χ0) is 37.5. The second kappa shape index (κ2) is 38.5. The molecule has 0 aromatic heterocycles. The number of rotatable bonds is 40. The maximum atomic E-state index is 12.5. The number of phosphoric acid groups is 1. The average Bonchev–Trinajstić information content (AvgIpc) is 3.12. The number of allylic oxidation sites excluding steroid dienone is 2. The first kappa shape index (κ1) is 49.8. The molecule has 0 bridgehead atoms. The topological polar surface area (TPSA) is 108 Å². The van der Waals surface area contributed by atoms with E-state index in [0.29, 0.717) is 12.8 Å². The van der Waals surface area contributed by atoms with Crippen LogP contribution in [0.1, 0.15) is 219 Å². The SMILES string of the molecule is CCCCCCCCC/C=C\CCCCCCCC(=O)OC(COC(=O)CCCCCCCCCCCCCCCCCC)COP(=O)(O)OC. The Morgan fingerprint density at radius 1 is 0.529 bits per heavy atom. The van der Waals surface area contributed by atoms with Gasteiger partial charge in [-0.25, -0.2) is 4.57 Å². The zero-order valence-electron chi connectivity index (χ0n) is 33.5. The van der Waals surface area contributed by atoms with E-state index < -0.39 is 26.5 Å². The van der Waals surface area contributed by atoms with Gasteiger partial charge in [-0.3, -0.25) is 18.6 Å². The summed E-state index contributed by atoms with van der Waals surface area (Å²) in [4.78, 5) is 34.4. The smallest absolute Gasteiger partial charge is 0.462 e. The number of hydrogen-bond donors (Lipinski definition) is 1. The molecule has 2 unspecified atom stereocenters. The van der Waals surface area contributed by atoms with Gasteiger partial charge in [0.2, 0.25) is 0 Å². The second-order valence-electron chi connectivity index (χ2n) is 14.5. The Labute approximate surface area is 314 Å². The number of unbranched alkanes of at least 4 members (excludes halogenated alkanes) is 27. The van der Waals surface area contributed by atoms with Crippen LogP contribution >= 0.6 is 7.82 Å². The standard InChI is InChI=1S/C42H81O8P/c1-4-6-8-10-12-14-16-18-20-22-24-26-28-30-32-34-36-41(43)48-38-40(39-49-51(45,46)47-3)50-42(44)37-35-33-31-29-27-25-23-21-19-17-15-13-11-9-7-5-2/h21,23,40H,4-20,22,24-39H2,1-3H3,(H,45,46)/b23-21-. The molecule has 0 aromatic carbocycles. The summed E-state index contributed by atoms with van der Waals surface area (Å²) >= 11 is 0. The van der Waals surface area contributed by atoms with Crippen molar-refractivity contribution in [2.45, 2.75) is 225 Å². The van der Waals surface area contributed by atoms with Crippen LogP contribution < -0.4 is 0 Å². The number of hydrogen-bond acceptors (Lipinski definition) is 7. The Bertz CT molecular complexity index is 849. The molecule has 0 aliphatic rings.